The molecule has 0 bridgehead atoms. The van der Waals surface area contributed by atoms with Gasteiger partial charge in [-0.3, -0.25) is 0 Å². The van der Waals surface area contributed by atoms with E-state index in [-0.39, 0.29) is 6.54 Å². The van der Waals surface area contributed by atoms with Crippen molar-refractivity contribution in [2.75, 3.05) is 13.2 Å². The molecule has 0 N–H and O–H groups in total. The molecular weight excluding hydrogens is 337 g/mol. The Morgan fingerprint density at radius 3 is 2.43 bits per heavy atom. The zero-order valence-corrected chi connectivity index (χ0v) is 13.9. The Kier molecular flexibility index (Phi) is 7.33. The fourth-order valence-corrected chi connectivity index (χ4v) is 2.13. The van der Waals surface area contributed by atoms with Crippen LogP contribution in [0, 0.1) is 0 Å². The minimum absolute atomic E-state index is 0.203. The number of hydrogen-bond donors (Lipinski definition) is 0. The third-order valence-corrected chi connectivity index (χ3v) is 3.89. The molecule has 0 saturated carbocycles. The molecule has 0 aliphatic heterocycles. The molecule has 1 rings (SSSR count). The lowest BCUT2D eigenvalue weighted by Crippen LogP contribution is -2.29. The first-order chi connectivity index (χ1) is 10.7. The van der Waals surface area contributed by atoms with E-state index < -0.39 is 21.5 Å². The first-order valence-electron chi connectivity index (χ1n) is 7.36. The van der Waals surface area contributed by atoms with Gasteiger partial charge < -0.3 is 8.92 Å². The number of halogens is 3. The lowest BCUT2D eigenvalue weighted by atomic mass is 10.3. The Balaban J connectivity index is 2.71. The number of nitrogens with zero attached hydrogens (tertiary/aromatic N) is 2. The van der Waals surface area contributed by atoms with Crippen molar-refractivity contribution in [3.8, 4) is 5.88 Å². The summed E-state index contributed by atoms with van der Waals surface area (Å²) < 4.78 is 70.1. The van der Waals surface area contributed by atoms with E-state index >= 15 is 0 Å². The van der Waals surface area contributed by atoms with E-state index in [4.69, 9.17) is 4.74 Å². The molecule has 1 aromatic rings. The molecule has 0 aliphatic rings. The van der Waals surface area contributed by atoms with Crippen molar-refractivity contribution in [1.29, 1.82) is 0 Å². The topological polar surface area (TPSA) is 70.4 Å². The van der Waals surface area contributed by atoms with Gasteiger partial charge in [0.1, 0.15) is 0 Å². The standard InChI is InChI=1S/C13H21F3N2O4S/c1-3-5-8-21-9-6-7-18-12(10-11(4-2)17-18)22-23(19,20)13(14,15)16/h10H,3-9H2,1-2H3. The maximum absolute atomic E-state index is 12.4. The Labute approximate surface area is 133 Å². The molecule has 0 aliphatic carbocycles. The monoisotopic (exact) mass is 358 g/mol. The first-order valence-corrected chi connectivity index (χ1v) is 8.77. The molecule has 0 radical (unpaired) electrons. The number of unbranched alkanes of at least 4 members (excludes halogenated alkanes) is 1. The Hall–Kier alpha value is -1.29. The van der Waals surface area contributed by atoms with Crippen LogP contribution in [-0.2, 0) is 27.8 Å². The lowest BCUT2D eigenvalue weighted by Gasteiger charge is -2.11. The van der Waals surface area contributed by atoms with Crippen LogP contribution in [0.1, 0.15) is 38.8 Å². The van der Waals surface area contributed by atoms with Crippen molar-refractivity contribution >= 4 is 10.1 Å². The minimum Gasteiger partial charge on any atom is -0.381 e. The van der Waals surface area contributed by atoms with Crippen LogP contribution in [0.2, 0.25) is 0 Å². The van der Waals surface area contributed by atoms with Gasteiger partial charge in [-0.2, -0.15) is 26.7 Å². The summed E-state index contributed by atoms with van der Waals surface area (Å²) in [5.74, 6) is -0.437. The van der Waals surface area contributed by atoms with E-state index in [1.807, 2.05) is 6.92 Å². The van der Waals surface area contributed by atoms with Crippen molar-refractivity contribution in [1.82, 2.24) is 9.78 Å². The highest BCUT2D eigenvalue weighted by Gasteiger charge is 2.49. The molecule has 0 spiro atoms. The van der Waals surface area contributed by atoms with Crippen molar-refractivity contribution in [2.24, 2.45) is 0 Å². The fraction of sp³-hybridized carbons (Fsp3) is 0.769. The van der Waals surface area contributed by atoms with Crippen molar-refractivity contribution in [2.45, 2.75) is 51.6 Å². The smallest absolute Gasteiger partial charge is 0.381 e. The summed E-state index contributed by atoms with van der Waals surface area (Å²) >= 11 is 0. The quantitative estimate of drug-likeness (QED) is 0.365. The van der Waals surface area contributed by atoms with Crippen LogP contribution < -0.4 is 4.18 Å². The SMILES string of the molecule is CCCCOCCCn1nc(CC)cc1OS(=O)(=O)C(F)(F)F. The molecule has 0 unspecified atom stereocenters. The molecule has 0 aromatic carbocycles. The van der Waals surface area contributed by atoms with Gasteiger partial charge in [0.15, 0.2) is 0 Å². The highest BCUT2D eigenvalue weighted by molar-refractivity contribution is 7.87. The van der Waals surface area contributed by atoms with Crippen molar-refractivity contribution in [3.05, 3.63) is 11.8 Å². The molecule has 6 nitrogen and oxygen atoms in total. The van der Waals surface area contributed by atoms with E-state index in [1.165, 1.54) is 6.07 Å². The zero-order valence-electron chi connectivity index (χ0n) is 13.1. The normalized spacial score (nSPS) is 12.6. The maximum atomic E-state index is 12.4. The summed E-state index contributed by atoms with van der Waals surface area (Å²) in [4.78, 5) is 0. The van der Waals surface area contributed by atoms with Crippen LogP contribution in [-0.4, -0.2) is 36.9 Å². The zero-order chi connectivity index (χ0) is 17.5. The van der Waals surface area contributed by atoms with E-state index in [9.17, 15) is 21.6 Å². The predicted molar refractivity (Wildman–Crippen MR) is 77.6 cm³/mol. The van der Waals surface area contributed by atoms with Crippen LogP contribution >= 0.6 is 0 Å². The Bertz CT molecular complexity index is 585. The van der Waals surface area contributed by atoms with Crippen LogP contribution in [0.25, 0.3) is 0 Å². The summed E-state index contributed by atoms with van der Waals surface area (Å²) in [5.41, 5.74) is -5.03. The summed E-state index contributed by atoms with van der Waals surface area (Å²) in [6.45, 7) is 5.01. The fourth-order valence-electron chi connectivity index (χ4n) is 1.67. The van der Waals surface area contributed by atoms with Crippen LogP contribution in [0.15, 0.2) is 6.07 Å². The van der Waals surface area contributed by atoms with Crippen LogP contribution in [0.3, 0.4) is 0 Å². The Morgan fingerprint density at radius 2 is 1.87 bits per heavy atom. The van der Waals surface area contributed by atoms with Gasteiger partial charge in [-0.05, 0) is 19.3 Å². The molecule has 10 heteroatoms. The van der Waals surface area contributed by atoms with Gasteiger partial charge in [-0.25, -0.2) is 4.68 Å². The van der Waals surface area contributed by atoms with Gasteiger partial charge in [0.25, 0.3) is 0 Å². The summed E-state index contributed by atoms with van der Waals surface area (Å²) in [6.07, 6.45) is 2.87. The number of ether oxygens (including phenoxy) is 1. The number of hydrogen-bond acceptors (Lipinski definition) is 5. The molecule has 134 valence electrons. The number of alkyl halides is 3. The molecule has 23 heavy (non-hydrogen) atoms. The maximum Gasteiger partial charge on any atom is 0.534 e. The third kappa shape index (κ3) is 6.02. The molecule has 0 atom stereocenters. The highest BCUT2D eigenvalue weighted by atomic mass is 32.2. The second-order valence-electron chi connectivity index (χ2n) is 4.85. The highest BCUT2D eigenvalue weighted by Crippen LogP contribution is 2.27. The van der Waals surface area contributed by atoms with E-state index in [2.05, 4.69) is 9.28 Å². The summed E-state index contributed by atoms with van der Waals surface area (Å²) in [5, 5.41) is 4.03. The van der Waals surface area contributed by atoms with E-state index in [0.717, 1.165) is 17.5 Å². The Morgan fingerprint density at radius 1 is 1.22 bits per heavy atom. The van der Waals surface area contributed by atoms with Crippen LogP contribution in [0.4, 0.5) is 13.2 Å². The lowest BCUT2D eigenvalue weighted by molar-refractivity contribution is -0.0502. The van der Waals surface area contributed by atoms with Gasteiger partial charge in [0.2, 0.25) is 5.88 Å². The molecule has 0 saturated heterocycles. The second-order valence-corrected chi connectivity index (χ2v) is 6.39. The van der Waals surface area contributed by atoms with E-state index in [1.54, 1.807) is 6.92 Å². The van der Waals surface area contributed by atoms with Gasteiger partial charge in [-0.1, -0.05) is 20.3 Å². The number of rotatable bonds is 10. The molecular formula is C13H21F3N2O4S. The first kappa shape index (κ1) is 19.8. The minimum atomic E-state index is -5.70. The average molecular weight is 358 g/mol. The molecule has 1 heterocycles. The third-order valence-electron chi connectivity index (χ3n) is 2.94. The van der Waals surface area contributed by atoms with E-state index in [0.29, 0.717) is 31.7 Å². The molecule has 0 amide bonds. The molecule has 0 fully saturated rings. The number of aryl methyl sites for hydroxylation is 2. The molecule has 1 aromatic heterocycles. The average Bonchev–Trinajstić information content (AvgIpc) is 2.83. The van der Waals surface area contributed by atoms with Gasteiger partial charge in [-0.15, -0.1) is 0 Å². The largest absolute Gasteiger partial charge is 0.534 e. The summed E-state index contributed by atoms with van der Waals surface area (Å²) in [7, 11) is -5.70. The van der Waals surface area contributed by atoms with Gasteiger partial charge in [0.05, 0.1) is 5.69 Å². The summed E-state index contributed by atoms with van der Waals surface area (Å²) in [6, 6.07) is 1.20. The van der Waals surface area contributed by atoms with Gasteiger partial charge in [0, 0.05) is 25.8 Å². The van der Waals surface area contributed by atoms with Gasteiger partial charge >= 0.3 is 15.6 Å². The predicted octanol–water partition coefficient (Wildman–Crippen LogP) is 2.88. The number of aromatic nitrogens is 2. The second kappa shape index (κ2) is 8.53. The van der Waals surface area contributed by atoms with Crippen molar-refractivity contribution < 1.29 is 30.5 Å². The van der Waals surface area contributed by atoms with Crippen LogP contribution in [0.5, 0.6) is 5.88 Å². The van der Waals surface area contributed by atoms with Crippen molar-refractivity contribution in [3.63, 3.8) is 0 Å².